The number of halogens is 7. The Hall–Kier alpha value is -4.75. The fourth-order valence-corrected chi connectivity index (χ4v) is 4.11. The summed E-state index contributed by atoms with van der Waals surface area (Å²) in [6.07, 6.45) is -7.40. The SMILES string of the molecule is O=C(Nc1ccc2c(c1)C(F)(F)C(F)(F)O2)n1cc(-c2ccc(F)cc2)c(-c2ccc3c(c2)OC(F)(F)O3)n1. The largest absolute Gasteiger partial charge is 0.586 e. The molecule has 0 bridgehead atoms. The molecule has 0 aliphatic carbocycles. The summed E-state index contributed by atoms with van der Waals surface area (Å²) in [6.45, 7) is 0. The van der Waals surface area contributed by atoms with Crippen LogP contribution < -0.4 is 19.5 Å². The number of carbonyl (C=O) groups is 1. The molecule has 7 nitrogen and oxygen atoms in total. The van der Waals surface area contributed by atoms with Crippen molar-refractivity contribution in [1.82, 2.24) is 9.78 Å². The van der Waals surface area contributed by atoms with Crippen LogP contribution in [0.15, 0.2) is 66.9 Å². The Morgan fingerprint density at radius 2 is 1.46 bits per heavy atom. The highest BCUT2D eigenvalue weighted by molar-refractivity contribution is 5.93. The summed E-state index contributed by atoms with van der Waals surface area (Å²) in [7, 11) is 0. The lowest BCUT2D eigenvalue weighted by Crippen LogP contribution is -2.37. The van der Waals surface area contributed by atoms with Gasteiger partial charge in [0, 0.05) is 23.0 Å². The van der Waals surface area contributed by atoms with Gasteiger partial charge in [-0.05, 0) is 54.1 Å². The van der Waals surface area contributed by atoms with Crippen molar-refractivity contribution in [3.63, 3.8) is 0 Å². The molecule has 2 aliphatic rings. The number of carbonyl (C=O) groups excluding carboxylic acids is 1. The van der Waals surface area contributed by atoms with Gasteiger partial charge in [0.25, 0.3) is 0 Å². The third-order valence-corrected chi connectivity index (χ3v) is 5.93. The minimum absolute atomic E-state index is 0.0897. The summed E-state index contributed by atoms with van der Waals surface area (Å²) in [5.74, 6) is -6.43. The molecule has 3 aromatic carbocycles. The van der Waals surface area contributed by atoms with E-state index in [1.807, 2.05) is 0 Å². The zero-order chi connectivity index (χ0) is 27.7. The quantitative estimate of drug-likeness (QED) is 0.283. The van der Waals surface area contributed by atoms with Crippen LogP contribution in [0.5, 0.6) is 17.2 Å². The summed E-state index contributed by atoms with van der Waals surface area (Å²) in [5.41, 5.74) is -0.403. The van der Waals surface area contributed by atoms with Crippen molar-refractivity contribution >= 4 is 11.7 Å². The van der Waals surface area contributed by atoms with Crippen molar-refractivity contribution in [3.05, 3.63) is 78.2 Å². The van der Waals surface area contributed by atoms with Crippen molar-refractivity contribution in [2.24, 2.45) is 0 Å². The molecule has 0 atom stereocenters. The third kappa shape index (κ3) is 4.08. The van der Waals surface area contributed by atoms with Gasteiger partial charge in [-0.2, -0.15) is 27.3 Å². The van der Waals surface area contributed by atoms with Gasteiger partial charge < -0.3 is 19.5 Å². The molecule has 6 rings (SSSR count). The molecule has 0 spiro atoms. The molecule has 3 heterocycles. The number of rotatable bonds is 3. The zero-order valence-corrected chi connectivity index (χ0v) is 19.0. The molecule has 200 valence electrons. The first kappa shape index (κ1) is 24.6. The summed E-state index contributed by atoms with van der Waals surface area (Å²) < 4.78 is 109. The lowest BCUT2D eigenvalue weighted by Gasteiger charge is -2.16. The Morgan fingerprint density at radius 3 is 2.21 bits per heavy atom. The molecular weight excluding hydrogens is 539 g/mol. The van der Waals surface area contributed by atoms with E-state index in [1.54, 1.807) is 0 Å². The number of nitrogens with one attached hydrogen (secondary N) is 1. The van der Waals surface area contributed by atoms with Gasteiger partial charge in [-0.15, -0.1) is 8.78 Å². The number of anilines is 1. The number of ether oxygens (including phenoxy) is 3. The maximum atomic E-state index is 14.1. The average molecular weight is 551 g/mol. The van der Waals surface area contributed by atoms with Gasteiger partial charge in [-0.25, -0.2) is 9.18 Å². The Bertz CT molecular complexity index is 1640. The monoisotopic (exact) mass is 551 g/mol. The molecular formula is C25H12F7N3O4. The fourth-order valence-electron chi connectivity index (χ4n) is 4.11. The van der Waals surface area contributed by atoms with Crippen molar-refractivity contribution in [2.45, 2.75) is 18.3 Å². The van der Waals surface area contributed by atoms with Crippen LogP contribution in [0.4, 0.5) is 41.2 Å². The van der Waals surface area contributed by atoms with Crippen molar-refractivity contribution in [1.29, 1.82) is 0 Å². The van der Waals surface area contributed by atoms with Gasteiger partial charge in [-0.1, -0.05) is 12.1 Å². The van der Waals surface area contributed by atoms with Crippen molar-refractivity contribution < 1.29 is 49.7 Å². The molecule has 14 heteroatoms. The molecule has 0 radical (unpaired) electrons. The van der Waals surface area contributed by atoms with E-state index in [-0.39, 0.29) is 34.0 Å². The minimum atomic E-state index is -4.76. The molecule has 39 heavy (non-hydrogen) atoms. The maximum absolute atomic E-state index is 14.1. The Labute approximate surface area is 213 Å². The van der Waals surface area contributed by atoms with Gasteiger partial charge in [0.2, 0.25) is 0 Å². The number of amides is 1. The molecule has 1 N–H and O–H groups in total. The fraction of sp³-hybridized carbons (Fsp3) is 0.120. The van der Waals surface area contributed by atoms with E-state index in [4.69, 9.17) is 0 Å². The van der Waals surface area contributed by atoms with Crippen molar-refractivity contribution in [2.75, 3.05) is 5.32 Å². The van der Waals surface area contributed by atoms with Crippen LogP contribution in [0.25, 0.3) is 22.4 Å². The molecule has 0 unspecified atom stereocenters. The number of fused-ring (bicyclic) bond motifs is 2. The number of benzene rings is 3. The van der Waals surface area contributed by atoms with Crippen LogP contribution in [0, 0.1) is 5.82 Å². The molecule has 0 saturated carbocycles. The number of nitrogens with zero attached hydrogens (tertiary/aromatic N) is 2. The topological polar surface area (TPSA) is 74.6 Å². The zero-order valence-electron chi connectivity index (χ0n) is 19.0. The Morgan fingerprint density at radius 1 is 0.795 bits per heavy atom. The highest BCUT2D eigenvalue weighted by atomic mass is 19.3. The Balaban J connectivity index is 1.36. The van der Waals surface area contributed by atoms with Crippen LogP contribution >= 0.6 is 0 Å². The maximum Gasteiger partial charge on any atom is 0.586 e. The number of aromatic nitrogens is 2. The lowest BCUT2D eigenvalue weighted by atomic mass is 10.0. The van der Waals surface area contributed by atoms with Gasteiger partial charge in [0.1, 0.15) is 17.3 Å². The number of alkyl halides is 6. The molecule has 1 aromatic heterocycles. The average Bonchev–Trinajstić information content (AvgIpc) is 3.49. The lowest BCUT2D eigenvalue weighted by molar-refractivity contribution is -0.296. The second-order valence-electron chi connectivity index (χ2n) is 8.51. The van der Waals surface area contributed by atoms with Gasteiger partial charge in [0.15, 0.2) is 11.5 Å². The van der Waals surface area contributed by atoms with Crippen LogP contribution in [0.3, 0.4) is 0 Å². The molecule has 4 aromatic rings. The highest BCUT2D eigenvalue weighted by Gasteiger charge is 2.66. The first-order valence-corrected chi connectivity index (χ1v) is 11.0. The van der Waals surface area contributed by atoms with E-state index in [9.17, 15) is 35.5 Å². The van der Waals surface area contributed by atoms with Gasteiger partial charge in [-0.3, -0.25) is 0 Å². The summed E-state index contributed by atoms with van der Waals surface area (Å²) in [5, 5.41) is 6.48. The van der Waals surface area contributed by atoms with E-state index >= 15 is 0 Å². The molecule has 0 fully saturated rings. The van der Waals surface area contributed by atoms with Crippen LogP contribution in [-0.2, 0) is 5.92 Å². The predicted molar refractivity (Wildman–Crippen MR) is 120 cm³/mol. The molecule has 1 amide bonds. The summed E-state index contributed by atoms with van der Waals surface area (Å²) in [4.78, 5) is 13.0. The van der Waals surface area contributed by atoms with E-state index in [2.05, 4.69) is 24.6 Å². The standard InChI is InChI=1S/C25H12F7N3O4/c26-14-4-1-12(2-5-14)16-11-35(34-21(16)13-3-7-19-20(9-13)39-25(31,32)38-19)22(36)33-15-6-8-18-17(10-15)23(27,28)24(29,30)37-18/h1-11H,(H,33,36). The van der Waals surface area contributed by atoms with E-state index in [0.29, 0.717) is 11.6 Å². The van der Waals surface area contributed by atoms with Crippen LogP contribution in [-0.4, -0.2) is 28.2 Å². The van der Waals surface area contributed by atoms with E-state index in [0.717, 1.165) is 28.9 Å². The normalized spacial score (nSPS) is 17.4. The highest BCUT2D eigenvalue weighted by Crippen LogP contribution is 2.54. The summed E-state index contributed by atoms with van der Waals surface area (Å²) in [6, 6.07) is 10.5. The first-order valence-electron chi connectivity index (χ1n) is 11.0. The second kappa shape index (κ2) is 8.12. The smallest absolute Gasteiger partial charge is 0.427 e. The minimum Gasteiger partial charge on any atom is -0.427 e. The van der Waals surface area contributed by atoms with Crippen LogP contribution in [0.1, 0.15) is 5.56 Å². The Kier molecular flexibility index (Phi) is 5.12. The van der Waals surface area contributed by atoms with Gasteiger partial charge >= 0.3 is 24.4 Å². The van der Waals surface area contributed by atoms with E-state index in [1.165, 1.54) is 36.5 Å². The van der Waals surface area contributed by atoms with Crippen molar-refractivity contribution in [3.8, 4) is 39.6 Å². The number of hydrogen-bond donors (Lipinski definition) is 1. The van der Waals surface area contributed by atoms with Gasteiger partial charge in [0.05, 0.1) is 5.56 Å². The third-order valence-electron chi connectivity index (χ3n) is 5.93. The second-order valence-corrected chi connectivity index (χ2v) is 8.51. The molecule has 2 aliphatic heterocycles. The molecule has 0 saturated heterocycles. The van der Waals surface area contributed by atoms with Crippen LogP contribution in [0.2, 0.25) is 0 Å². The predicted octanol–water partition coefficient (Wildman–Crippen LogP) is 6.83. The first-order chi connectivity index (χ1) is 18.3. The summed E-state index contributed by atoms with van der Waals surface area (Å²) >= 11 is 0. The number of hydrogen-bond acceptors (Lipinski definition) is 5. The van der Waals surface area contributed by atoms with E-state index < -0.39 is 41.5 Å².